The first-order chi connectivity index (χ1) is 12.4. The van der Waals surface area contributed by atoms with Crippen molar-refractivity contribution < 1.29 is 4.79 Å². The van der Waals surface area contributed by atoms with Gasteiger partial charge in [0.1, 0.15) is 0 Å². The van der Waals surface area contributed by atoms with Crippen molar-refractivity contribution in [1.29, 1.82) is 0 Å². The third-order valence-electron chi connectivity index (χ3n) is 4.06. The van der Waals surface area contributed by atoms with E-state index in [4.69, 9.17) is 11.6 Å². The van der Waals surface area contributed by atoms with Crippen LogP contribution in [0.2, 0.25) is 5.02 Å². The zero-order valence-electron chi connectivity index (χ0n) is 14.6. The number of aryl methyl sites for hydroxylation is 2. The van der Waals surface area contributed by atoms with Crippen molar-refractivity contribution >= 4 is 45.9 Å². The Balaban J connectivity index is 1.66. The summed E-state index contributed by atoms with van der Waals surface area (Å²) in [5, 5.41) is 4.12. The van der Waals surface area contributed by atoms with Gasteiger partial charge in [0.25, 0.3) is 0 Å². The summed E-state index contributed by atoms with van der Waals surface area (Å²) in [6.45, 7) is 3.92. The van der Waals surface area contributed by atoms with E-state index in [-0.39, 0.29) is 11.3 Å². The predicted molar refractivity (Wildman–Crippen MR) is 110 cm³/mol. The maximum absolute atomic E-state index is 12.4. The van der Waals surface area contributed by atoms with Gasteiger partial charge in [-0.3, -0.25) is 9.59 Å². The normalized spacial score (nSPS) is 10.9. The Kier molecular flexibility index (Phi) is 5.69. The molecule has 0 atom stereocenters. The molecule has 0 saturated carbocycles. The lowest BCUT2D eigenvalue weighted by Gasteiger charge is -2.09. The number of H-pyrrole nitrogens is 1. The van der Waals surface area contributed by atoms with Crippen LogP contribution >= 0.6 is 23.4 Å². The molecule has 1 heterocycles. The summed E-state index contributed by atoms with van der Waals surface area (Å²) in [6, 6.07) is 12.6. The summed E-state index contributed by atoms with van der Waals surface area (Å²) in [4.78, 5) is 27.8. The molecule has 3 aromatic rings. The van der Waals surface area contributed by atoms with Crippen LogP contribution in [0.15, 0.2) is 47.3 Å². The third-order valence-corrected chi connectivity index (χ3v) is 5.27. The third kappa shape index (κ3) is 4.29. The molecule has 0 aliphatic rings. The lowest BCUT2D eigenvalue weighted by molar-refractivity contribution is -0.113. The number of hydrogen-bond acceptors (Lipinski definition) is 3. The number of aromatic amines is 1. The number of pyridine rings is 1. The lowest BCUT2D eigenvalue weighted by atomic mass is 10.0. The second-order valence-electron chi connectivity index (χ2n) is 6.16. The second-order valence-corrected chi connectivity index (χ2v) is 7.58. The molecule has 2 aromatic carbocycles. The van der Waals surface area contributed by atoms with Crippen LogP contribution in [0.25, 0.3) is 10.9 Å². The second kappa shape index (κ2) is 7.98. The number of halogens is 1. The topological polar surface area (TPSA) is 62.0 Å². The van der Waals surface area contributed by atoms with Crippen molar-refractivity contribution in [3.05, 3.63) is 74.5 Å². The average molecular weight is 387 g/mol. The first kappa shape index (κ1) is 18.5. The largest absolute Gasteiger partial charge is 0.357 e. The van der Waals surface area contributed by atoms with Gasteiger partial charge in [0.2, 0.25) is 5.91 Å². The quantitative estimate of drug-likeness (QED) is 0.669. The molecule has 0 fully saturated rings. The summed E-state index contributed by atoms with van der Waals surface area (Å²) in [5.74, 6) is 0.744. The maximum atomic E-state index is 12.4. The highest BCUT2D eigenvalue weighted by Crippen LogP contribution is 2.20. The number of carbonyl (C=O) groups excluding carboxylic acids is 1. The van der Waals surface area contributed by atoms with Crippen molar-refractivity contribution in [3.63, 3.8) is 0 Å². The fourth-order valence-electron chi connectivity index (χ4n) is 2.81. The van der Waals surface area contributed by atoms with Crippen LogP contribution in [0.5, 0.6) is 0 Å². The predicted octanol–water partition coefficient (Wildman–Crippen LogP) is 4.67. The van der Waals surface area contributed by atoms with Gasteiger partial charge >= 0.3 is 0 Å². The Hall–Kier alpha value is -2.24. The Bertz CT molecular complexity index is 1030. The van der Waals surface area contributed by atoms with Crippen LogP contribution in [-0.2, 0) is 10.5 Å². The number of benzene rings is 2. The fraction of sp³-hybridized carbons (Fsp3) is 0.200. The van der Waals surface area contributed by atoms with Crippen molar-refractivity contribution in [1.82, 2.24) is 4.98 Å². The summed E-state index contributed by atoms with van der Waals surface area (Å²) < 4.78 is 0. The van der Waals surface area contributed by atoms with Gasteiger partial charge in [-0.05, 0) is 43.2 Å². The number of nitrogens with one attached hydrogen (secondary N) is 2. The first-order valence-corrected chi connectivity index (χ1v) is 9.72. The lowest BCUT2D eigenvalue weighted by Crippen LogP contribution is -2.14. The molecular weight excluding hydrogens is 368 g/mol. The van der Waals surface area contributed by atoms with Crippen LogP contribution in [0.3, 0.4) is 0 Å². The number of fused-ring (bicyclic) bond motifs is 1. The molecule has 0 saturated heterocycles. The Morgan fingerprint density at radius 3 is 2.69 bits per heavy atom. The fourth-order valence-corrected chi connectivity index (χ4v) is 3.74. The molecule has 0 aliphatic carbocycles. The first-order valence-electron chi connectivity index (χ1n) is 8.19. The molecule has 0 unspecified atom stereocenters. The van der Waals surface area contributed by atoms with Gasteiger partial charge in [0, 0.05) is 33.6 Å². The number of aromatic nitrogens is 1. The van der Waals surface area contributed by atoms with Gasteiger partial charge in [0.15, 0.2) is 5.43 Å². The zero-order valence-corrected chi connectivity index (χ0v) is 16.1. The number of thioether (sulfide) groups is 1. The van der Waals surface area contributed by atoms with Crippen LogP contribution in [-0.4, -0.2) is 16.6 Å². The number of amides is 1. The minimum absolute atomic E-state index is 0.0129. The van der Waals surface area contributed by atoms with Crippen molar-refractivity contribution in [2.75, 3.05) is 11.1 Å². The van der Waals surface area contributed by atoms with Crippen molar-refractivity contribution in [2.45, 2.75) is 19.6 Å². The highest BCUT2D eigenvalue weighted by molar-refractivity contribution is 7.99. The molecule has 0 bridgehead atoms. The van der Waals surface area contributed by atoms with Gasteiger partial charge in [-0.1, -0.05) is 29.8 Å². The summed E-state index contributed by atoms with van der Waals surface area (Å²) >= 11 is 7.36. The summed E-state index contributed by atoms with van der Waals surface area (Å²) in [7, 11) is 0. The SMILES string of the molecule is Cc1ccc(C)c2c(=O)cc(CSCC(=O)Nc3cccc(Cl)c3)[nH]c12. The number of hydrogen-bond donors (Lipinski definition) is 2. The van der Waals surface area contributed by atoms with E-state index >= 15 is 0 Å². The van der Waals surface area contributed by atoms with E-state index in [9.17, 15) is 9.59 Å². The monoisotopic (exact) mass is 386 g/mol. The molecule has 26 heavy (non-hydrogen) atoms. The van der Waals surface area contributed by atoms with Crippen LogP contribution in [0.1, 0.15) is 16.8 Å². The molecular formula is C20H19ClN2O2S. The molecule has 6 heteroatoms. The Labute approximate surface area is 161 Å². The van der Waals surface area contributed by atoms with Crippen LogP contribution < -0.4 is 10.7 Å². The van der Waals surface area contributed by atoms with E-state index in [2.05, 4.69) is 10.3 Å². The molecule has 2 N–H and O–H groups in total. The molecule has 1 aromatic heterocycles. The van der Waals surface area contributed by atoms with E-state index in [1.54, 1.807) is 30.3 Å². The smallest absolute Gasteiger partial charge is 0.234 e. The van der Waals surface area contributed by atoms with Crippen molar-refractivity contribution in [3.8, 4) is 0 Å². The minimum Gasteiger partial charge on any atom is -0.357 e. The van der Waals surface area contributed by atoms with E-state index in [0.717, 1.165) is 27.7 Å². The molecule has 0 spiro atoms. The van der Waals surface area contributed by atoms with Gasteiger partial charge in [-0.2, -0.15) is 0 Å². The van der Waals surface area contributed by atoms with Crippen LogP contribution in [0.4, 0.5) is 5.69 Å². The number of carbonyl (C=O) groups is 1. The molecule has 0 radical (unpaired) electrons. The average Bonchev–Trinajstić information content (AvgIpc) is 2.58. The van der Waals surface area contributed by atoms with Crippen LogP contribution in [0, 0.1) is 13.8 Å². The highest BCUT2D eigenvalue weighted by Gasteiger charge is 2.09. The van der Waals surface area contributed by atoms with E-state index < -0.39 is 0 Å². The number of anilines is 1. The molecule has 134 valence electrons. The van der Waals surface area contributed by atoms with Gasteiger partial charge in [0.05, 0.1) is 11.3 Å². The van der Waals surface area contributed by atoms with E-state index in [1.165, 1.54) is 11.8 Å². The Morgan fingerprint density at radius 1 is 1.15 bits per heavy atom. The molecule has 1 amide bonds. The molecule has 0 aliphatic heterocycles. The summed E-state index contributed by atoms with van der Waals surface area (Å²) in [6.07, 6.45) is 0. The zero-order chi connectivity index (χ0) is 18.7. The maximum Gasteiger partial charge on any atom is 0.234 e. The minimum atomic E-state index is -0.104. The molecule has 3 rings (SSSR count). The summed E-state index contributed by atoms with van der Waals surface area (Å²) in [5.41, 5.74) is 4.38. The van der Waals surface area contributed by atoms with Crippen molar-refractivity contribution in [2.24, 2.45) is 0 Å². The standard InChI is InChI=1S/C20H19ClN2O2S/c1-12-6-7-13(2)20-19(12)17(24)9-16(23-20)10-26-11-18(25)22-15-5-3-4-14(21)8-15/h3-9H,10-11H2,1-2H3,(H,22,25)(H,23,24). The van der Waals surface area contributed by atoms with Gasteiger partial charge < -0.3 is 10.3 Å². The molecule has 4 nitrogen and oxygen atoms in total. The Morgan fingerprint density at radius 2 is 1.92 bits per heavy atom. The highest BCUT2D eigenvalue weighted by atomic mass is 35.5. The van der Waals surface area contributed by atoms with Gasteiger partial charge in [-0.15, -0.1) is 11.8 Å². The number of rotatable bonds is 5. The van der Waals surface area contributed by atoms with E-state index in [0.29, 0.717) is 22.2 Å². The van der Waals surface area contributed by atoms with Gasteiger partial charge in [-0.25, -0.2) is 0 Å². The van der Waals surface area contributed by atoms with E-state index in [1.807, 2.05) is 26.0 Å².